The summed E-state index contributed by atoms with van der Waals surface area (Å²) in [5.41, 5.74) is -2.61. The molecule has 54 heavy (non-hydrogen) atoms. The molecule has 2 aliphatic heterocycles. The number of ether oxygens (including phenoxy) is 2. The van der Waals surface area contributed by atoms with Crippen LogP contribution in [0.2, 0.25) is 5.15 Å². The van der Waals surface area contributed by atoms with Gasteiger partial charge in [-0.25, -0.2) is 18.7 Å². The van der Waals surface area contributed by atoms with E-state index >= 15 is 0 Å². The predicted molar refractivity (Wildman–Crippen MR) is 197 cm³/mol. The van der Waals surface area contributed by atoms with Gasteiger partial charge >= 0.3 is 16.4 Å². The predicted octanol–water partition coefficient (Wildman–Crippen LogP) is 4.36. The van der Waals surface area contributed by atoms with E-state index in [2.05, 4.69) is 20.6 Å². The van der Waals surface area contributed by atoms with Crippen LogP contribution in [-0.2, 0) is 33.6 Å². The molecule has 0 bridgehead atoms. The highest BCUT2D eigenvalue weighted by Crippen LogP contribution is 2.46. The Kier molecular flexibility index (Phi) is 11.3. The van der Waals surface area contributed by atoms with Gasteiger partial charge in [-0.05, 0) is 66.2 Å². The van der Waals surface area contributed by atoms with Gasteiger partial charge in [-0.15, -0.1) is 0 Å². The van der Waals surface area contributed by atoms with Gasteiger partial charge in [0.25, 0.3) is 5.91 Å². The molecule has 1 aromatic heterocycles. The molecule has 5 atom stereocenters. The van der Waals surface area contributed by atoms with Gasteiger partial charge < -0.3 is 25.0 Å². The second-order valence-corrected chi connectivity index (χ2v) is 17.3. The third kappa shape index (κ3) is 9.87. The van der Waals surface area contributed by atoms with Crippen LogP contribution in [0.5, 0.6) is 5.88 Å². The van der Waals surface area contributed by atoms with Crippen LogP contribution in [0, 0.1) is 5.92 Å². The zero-order valence-corrected chi connectivity index (χ0v) is 32.4. The van der Waals surface area contributed by atoms with Gasteiger partial charge in [0.15, 0.2) is 5.82 Å². The molecule has 1 saturated heterocycles. The molecule has 4 amide bonds. The maximum Gasteiger partial charge on any atom is 0.408 e. The highest BCUT2D eigenvalue weighted by atomic mass is 35.5. The third-order valence-corrected chi connectivity index (χ3v) is 11.1. The van der Waals surface area contributed by atoms with Crippen LogP contribution in [0.15, 0.2) is 48.6 Å². The summed E-state index contributed by atoms with van der Waals surface area (Å²) < 4.78 is 44.7. The number of benzene rings is 1. The zero-order chi connectivity index (χ0) is 38.9. The first-order chi connectivity index (χ1) is 25.4. The molecular formula is C37H47ClN6O9S. The molecular weight excluding hydrogens is 740 g/mol. The molecule has 17 heteroatoms. The van der Waals surface area contributed by atoms with Gasteiger partial charge in [0.1, 0.15) is 34.5 Å². The Bertz CT molecular complexity index is 1900. The highest BCUT2D eigenvalue weighted by Gasteiger charge is 2.62. The standard InChI is InChI=1S/C37H47ClN6O9S/c1-35(2,3)52-34(48)39-26-16-12-7-5-6-11-15-24-21-37(24,33(47)43-54(49,50)53-36(4)17-18-36)42-31(45)27-19-25(22-44(27)32(26)46)51-29-20-28(38)40-30(41-29)23-13-9-8-10-14-23/h8-11,13-15,20,24-27H,5-7,12,16-19,21-22H2,1-4H3,(H,39,48)(H,42,45)(H,43,47)/b15-11-/t24-,25-,26+,27+,37-/m1/s1. The summed E-state index contributed by atoms with van der Waals surface area (Å²) in [5.74, 6) is -2.23. The summed E-state index contributed by atoms with van der Waals surface area (Å²) in [4.78, 5) is 65.6. The highest BCUT2D eigenvalue weighted by molar-refractivity contribution is 7.85. The smallest absolute Gasteiger partial charge is 0.408 e. The van der Waals surface area contributed by atoms with Crippen molar-refractivity contribution in [3.8, 4) is 17.3 Å². The van der Waals surface area contributed by atoms with Gasteiger partial charge in [-0.1, -0.05) is 66.9 Å². The zero-order valence-electron chi connectivity index (χ0n) is 30.8. The number of amides is 4. The number of nitrogens with zero attached hydrogens (tertiary/aromatic N) is 3. The summed E-state index contributed by atoms with van der Waals surface area (Å²) >= 11 is 6.36. The SMILES string of the molecule is CC(C)(C)OC(=O)N[C@H]1CCCCC/C=C\[C@@H]2C[C@@]2(C(=O)NS(=O)(=O)OC2(C)CC2)NC(=O)[C@@H]2C[C@@H](Oc3cc(Cl)nc(-c4ccccc4)n3)CN2C1=O. The fourth-order valence-electron chi connectivity index (χ4n) is 6.71. The van der Waals surface area contributed by atoms with E-state index in [9.17, 15) is 27.6 Å². The van der Waals surface area contributed by atoms with Crippen LogP contribution >= 0.6 is 11.6 Å². The second-order valence-electron chi connectivity index (χ2n) is 15.7. The van der Waals surface area contributed by atoms with Crippen molar-refractivity contribution in [1.82, 2.24) is 30.2 Å². The van der Waals surface area contributed by atoms with Crippen LogP contribution < -0.4 is 20.1 Å². The van der Waals surface area contributed by atoms with Gasteiger partial charge in [0.2, 0.25) is 17.7 Å². The Hall–Kier alpha value is -4.28. The van der Waals surface area contributed by atoms with Crippen molar-refractivity contribution >= 4 is 45.7 Å². The number of allylic oxidation sites excluding steroid dienone is 1. The number of aromatic nitrogens is 2. The lowest BCUT2D eigenvalue weighted by molar-refractivity contribution is -0.141. The second kappa shape index (κ2) is 15.5. The number of nitrogens with one attached hydrogen (secondary N) is 3. The minimum absolute atomic E-state index is 0.0169. The summed E-state index contributed by atoms with van der Waals surface area (Å²) in [5, 5.41) is 5.65. The van der Waals surface area contributed by atoms with Crippen molar-refractivity contribution in [1.29, 1.82) is 0 Å². The van der Waals surface area contributed by atoms with Crippen molar-refractivity contribution < 1.29 is 41.3 Å². The third-order valence-electron chi connectivity index (χ3n) is 9.81. The normalized spacial score (nSPS) is 27.5. The first kappa shape index (κ1) is 39.4. The Morgan fingerprint density at radius 2 is 1.81 bits per heavy atom. The minimum Gasteiger partial charge on any atom is -0.472 e. The van der Waals surface area contributed by atoms with E-state index in [1.54, 1.807) is 27.7 Å². The maximum atomic E-state index is 14.4. The number of rotatable bonds is 8. The molecule has 4 aliphatic rings. The van der Waals surface area contributed by atoms with E-state index in [1.807, 2.05) is 47.2 Å². The molecule has 3 N–H and O–H groups in total. The minimum atomic E-state index is -4.48. The quantitative estimate of drug-likeness (QED) is 0.254. The molecule has 6 rings (SSSR count). The molecule has 1 aromatic carbocycles. The first-order valence-corrected chi connectivity index (χ1v) is 20.1. The molecule has 0 spiro atoms. The van der Waals surface area contributed by atoms with Crippen molar-refractivity contribution in [2.45, 2.75) is 120 Å². The Morgan fingerprint density at radius 3 is 2.52 bits per heavy atom. The molecule has 3 heterocycles. The Morgan fingerprint density at radius 1 is 1.07 bits per heavy atom. The number of hydrogen-bond donors (Lipinski definition) is 3. The van der Waals surface area contributed by atoms with E-state index in [0.29, 0.717) is 37.1 Å². The van der Waals surface area contributed by atoms with Crippen molar-refractivity contribution in [3.63, 3.8) is 0 Å². The summed E-state index contributed by atoms with van der Waals surface area (Å²) in [6, 6.07) is 8.38. The lowest BCUT2D eigenvalue weighted by atomic mass is 10.0. The van der Waals surface area contributed by atoms with Gasteiger partial charge in [0, 0.05) is 24.0 Å². The van der Waals surface area contributed by atoms with Crippen LogP contribution in [-0.4, -0.2) is 88.6 Å². The summed E-state index contributed by atoms with van der Waals surface area (Å²) in [6.45, 7) is 6.70. The largest absolute Gasteiger partial charge is 0.472 e. The van der Waals surface area contributed by atoms with Gasteiger partial charge in [0.05, 0.1) is 12.1 Å². The molecule has 2 saturated carbocycles. The molecule has 292 valence electrons. The summed E-state index contributed by atoms with van der Waals surface area (Å²) in [7, 11) is -4.48. The van der Waals surface area contributed by atoms with Crippen LogP contribution in [0.1, 0.15) is 85.5 Å². The van der Waals surface area contributed by atoms with E-state index in [4.69, 9.17) is 25.3 Å². The van der Waals surface area contributed by atoms with E-state index in [1.165, 1.54) is 11.0 Å². The molecule has 0 unspecified atom stereocenters. The lowest BCUT2D eigenvalue weighted by Crippen LogP contribution is -2.58. The van der Waals surface area contributed by atoms with Gasteiger partial charge in [-0.3, -0.25) is 14.4 Å². The van der Waals surface area contributed by atoms with Crippen LogP contribution in [0.25, 0.3) is 11.4 Å². The number of carbonyl (C=O) groups excluding carboxylic acids is 4. The number of carbonyl (C=O) groups is 4. The van der Waals surface area contributed by atoms with E-state index in [-0.39, 0.29) is 36.8 Å². The first-order valence-electron chi connectivity index (χ1n) is 18.3. The van der Waals surface area contributed by atoms with Crippen molar-refractivity contribution in [3.05, 3.63) is 53.7 Å². The van der Waals surface area contributed by atoms with Crippen molar-refractivity contribution in [2.24, 2.45) is 5.92 Å². The van der Waals surface area contributed by atoms with E-state index in [0.717, 1.165) is 12.8 Å². The fraction of sp³-hybridized carbons (Fsp3) is 0.568. The molecule has 2 aromatic rings. The Labute approximate surface area is 320 Å². The molecule has 0 radical (unpaired) electrons. The Balaban J connectivity index is 1.29. The molecule has 2 aliphatic carbocycles. The average molecular weight is 787 g/mol. The number of fused-ring (bicyclic) bond motifs is 2. The lowest BCUT2D eigenvalue weighted by Gasteiger charge is -2.30. The fourth-order valence-corrected chi connectivity index (χ4v) is 8.03. The molecule has 15 nitrogen and oxygen atoms in total. The number of halogens is 1. The number of hydrogen-bond acceptors (Lipinski definition) is 11. The maximum absolute atomic E-state index is 14.4. The molecule has 3 fully saturated rings. The van der Waals surface area contributed by atoms with Crippen LogP contribution in [0.4, 0.5) is 4.79 Å². The summed E-state index contributed by atoms with van der Waals surface area (Å²) in [6.07, 6.45) is 6.39. The van der Waals surface area contributed by atoms with Gasteiger partial charge in [-0.2, -0.15) is 13.4 Å². The average Bonchev–Trinajstić information content (AvgIpc) is 3.94. The van der Waals surface area contributed by atoms with E-state index < -0.39 is 75.0 Å². The monoisotopic (exact) mass is 786 g/mol. The number of alkyl carbamates (subject to hydrolysis) is 1. The topological polar surface area (TPSA) is 195 Å². The van der Waals surface area contributed by atoms with Crippen molar-refractivity contribution in [2.75, 3.05) is 6.54 Å². The van der Waals surface area contributed by atoms with Crippen LogP contribution in [0.3, 0.4) is 0 Å².